The molecular weight excluding hydrogens is 367 g/mol. The molecule has 0 unspecified atom stereocenters. The highest BCUT2D eigenvalue weighted by molar-refractivity contribution is 6.02. The van der Waals surface area contributed by atoms with Gasteiger partial charge in [0.25, 0.3) is 11.8 Å². The number of rotatable bonds is 4. The van der Waals surface area contributed by atoms with Crippen LogP contribution in [0.1, 0.15) is 10.4 Å². The molecule has 140 valence electrons. The van der Waals surface area contributed by atoms with Crippen LogP contribution in [0.15, 0.2) is 30.3 Å². The minimum atomic E-state index is -1.71. The minimum absolute atomic E-state index is 0.126. The van der Waals surface area contributed by atoms with Crippen LogP contribution in [0, 0.1) is 17.5 Å². The van der Waals surface area contributed by atoms with Crippen molar-refractivity contribution in [3.63, 3.8) is 0 Å². The third kappa shape index (κ3) is 4.00. The molecule has 0 aliphatic carbocycles. The molecule has 0 saturated carbocycles. The standard InChI is InChI=1S/C17H12F3N3O4/c18-9-2-3-10(16(20)15(9)19)22-13(24)6-21-17(26)8-1-4-12-11(5-8)23-14(25)7-27-12/h1-5H,6-7H2,(H,21,26)(H,22,24)(H,23,25). The summed E-state index contributed by atoms with van der Waals surface area (Å²) < 4.78 is 44.7. The van der Waals surface area contributed by atoms with E-state index in [2.05, 4.69) is 10.6 Å². The Bertz CT molecular complexity index is 949. The van der Waals surface area contributed by atoms with Gasteiger partial charge in [-0.15, -0.1) is 0 Å². The van der Waals surface area contributed by atoms with E-state index >= 15 is 0 Å². The van der Waals surface area contributed by atoms with Crippen molar-refractivity contribution >= 4 is 29.1 Å². The second kappa shape index (κ2) is 7.36. The number of ether oxygens (including phenoxy) is 1. The fourth-order valence-corrected chi connectivity index (χ4v) is 2.30. The summed E-state index contributed by atoms with van der Waals surface area (Å²) in [5.74, 6) is -6.09. The number of amides is 3. The average Bonchev–Trinajstić information content (AvgIpc) is 2.66. The van der Waals surface area contributed by atoms with Crippen molar-refractivity contribution in [1.29, 1.82) is 0 Å². The number of nitrogens with one attached hydrogen (secondary N) is 3. The molecule has 3 amide bonds. The molecule has 1 heterocycles. The quantitative estimate of drug-likeness (QED) is 0.706. The molecule has 1 aliphatic heterocycles. The number of halogens is 3. The normalized spacial score (nSPS) is 12.5. The Morgan fingerprint density at radius 2 is 1.89 bits per heavy atom. The first-order chi connectivity index (χ1) is 12.8. The highest BCUT2D eigenvalue weighted by Crippen LogP contribution is 2.28. The summed E-state index contributed by atoms with van der Waals surface area (Å²) in [6, 6.07) is 5.81. The van der Waals surface area contributed by atoms with Gasteiger partial charge in [0.15, 0.2) is 24.1 Å². The zero-order chi connectivity index (χ0) is 19.6. The van der Waals surface area contributed by atoms with Crippen LogP contribution >= 0.6 is 0 Å². The van der Waals surface area contributed by atoms with Gasteiger partial charge in [-0.05, 0) is 30.3 Å². The molecule has 0 radical (unpaired) electrons. The number of carbonyl (C=O) groups is 3. The number of hydrogen-bond acceptors (Lipinski definition) is 4. The van der Waals surface area contributed by atoms with Gasteiger partial charge in [-0.25, -0.2) is 13.2 Å². The van der Waals surface area contributed by atoms with E-state index < -0.39 is 41.5 Å². The molecule has 0 spiro atoms. The van der Waals surface area contributed by atoms with Crippen LogP contribution in [0.5, 0.6) is 5.75 Å². The lowest BCUT2D eigenvalue weighted by Gasteiger charge is -2.18. The molecule has 2 aromatic rings. The van der Waals surface area contributed by atoms with Crippen molar-refractivity contribution in [1.82, 2.24) is 5.32 Å². The highest BCUT2D eigenvalue weighted by Gasteiger charge is 2.19. The van der Waals surface area contributed by atoms with Crippen molar-refractivity contribution in [3.8, 4) is 5.75 Å². The van der Waals surface area contributed by atoms with Crippen LogP contribution in [0.4, 0.5) is 24.5 Å². The lowest BCUT2D eigenvalue weighted by molar-refractivity contribution is -0.118. The fourth-order valence-electron chi connectivity index (χ4n) is 2.30. The molecule has 1 aliphatic rings. The Labute approximate surface area is 150 Å². The second-order valence-corrected chi connectivity index (χ2v) is 5.50. The van der Waals surface area contributed by atoms with Gasteiger partial charge in [0.1, 0.15) is 5.75 Å². The third-order valence-electron chi connectivity index (χ3n) is 3.59. The first-order valence-corrected chi connectivity index (χ1v) is 7.63. The van der Waals surface area contributed by atoms with Gasteiger partial charge in [0, 0.05) is 5.56 Å². The monoisotopic (exact) mass is 379 g/mol. The molecule has 3 rings (SSSR count). The molecule has 27 heavy (non-hydrogen) atoms. The number of anilines is 2. The lowest BCUT2D eigenvalue weighted by Crippen LogP contribution is -2.33. The molecule has 10 heteroatoms. The maximum Gasteiger partial charge on any atom is 0.262 e. The zero-order valence-corrected chi connectivity index (χ0v) is 13.6. The van der Waals surface area contributed by atoms with Crippen LogP contribution < -0.4 is 20.7 Å². The summed E-state index contributed by atoms with van der Waals surface area (Å²) in [6.07, 6.45) is 0. The minimum Gasteiger partial charge on any atom is -0.482 e. The highest BCUT2D eigenvalue weighted by atomic mass is 19.2. The molecule has 3 N–H and O–H groups in total. The third-order valence-corrected chi connectivity index (χ3v) is 3.59. The average molecular weight is 379 g/mol. The van der Waals surface area contributed by atoms with Crippen molar-refractivity contribution in [2.24, 2.45) is 0 Å². The predicted octanol–water partition coefficient (Wildman–Crippen LogP) is 1.80. The van der Waals surface area contributed by atoms with E-state index in [0.29, 0.717) is 17.5 Å². The maximum atomic E-state index is 13.5. The number of benzene rings is 2. The predicted molar refractivity (Wildman–Crippen MR) is 87.8 cm³/mol. The van der Waals surface area contributed by atoms with Crippen LogP contribution in [0.3, 0.4) is 0 Å². The van der Waals surface area contributed by atoms with Gasteiger partial charge >= 0.3 is 0 Å². The Balaban J connectivity index is 1.61. The van der Waals surface area contributed by atoms with Gasteiger partial charge in [-0.2, -0.15) is 0 Å². The zero-order valence-electron chi connectivity index (χ0n) is 13.6. The Hall–Kier alpha value is -3.56. The van der Waals surface area contributed by atoms with Gasteiger partial charge in [-0.1, -0.05) is 0 Å². The fraction of sp³-hybridized carbons (Fsp3) is 0.118. The van der Waals surface area contributed by atoms with E-state index in [9.17, 15) is 27.6 Å². The molecule has 2 aromatic carbocycles. The van der Waals surface area contributed by atoms with E-state index in [0.717, 1.165) is 6.07 Å². The largest absolute Gasteiger partial charge is 0.482 e. The van der Waals surface area contributed by atoms with Gasteiger partial charge in [-0.3, -0.25) is 14.4 Å². The van der Waals surface area contributed by atoms with Crippen LogP contribution in [-0.4, -0.2) is 30.9 Å². The number of carbonyl (C=O) groups excluding carboxylic acids is 3. The Kier molecular flexibility index (Phi) is 4.97. The van der Waals surface area contributed by atoms with E-state index in [1.807, 2.05) is 5.32 Å². The molecule has 7 nitrogen and oxygen atoms in total. The second-order valence-electron chi connectivity index (χ2n) is 5.50. The van der Waals surface area contributed by atoms with Crippen molar-refractivity contribution in [2.75, 3.05) is 23.8 Å². The lowest BCUT2D eigenvalue weighted by atomic mass is 10.1. The van der Waals surface area contributed by atoms with Crippen LogP contribution in [-0.2, 0) is 9.59 Å². The molecule has 0 fully saturated rings. The molecule has 0 bridgehead atoms. The molecule has 0 aromatic heterocycles. The summed E-state index contributed by atoms with van der Waals surface area (Å²) in [6.45, 7) is -0.670. The van der Waals surface area contributed by atoms with Gasteiger partial charge in [0.2, 0.25) is 5.91 Å². The van der Waals surface area contributed by atoms with E-state index in [-0.39, 0.29) is 18.1 Å². The number of fused-ring (bicyclic) bond motifs is 1. The summed E-state index contributed by atoms with van der Waals surface area (Å²) in [4.78, 5) is 35.2. The van der Waals surface area contributed by atoms with Crippen molar-refractivity contribution < 1.29 is 32.3 Å². The Morgan fingerprint density at radius 3 is 2.67 bits per heavy atom. The summed E-state index contributed by atoms with van der Waals surface area (Å²) >= 11 is 0. The smallest absolute Gasteiger partial charge is 0.262 e. The SMILES string of the molecule is O=C1COc2ccc(C(=O)NCC(=O)Nc3ccc(F)c(F)c3F)cc2N1. The van der Waals surface area contributed by atoms with Crippen LogP contribution in [0.2, 0.25) is 0 Å². The molecule has 0 atom stereocenters. The van der Waals surface area contributed by atoms with Crippen molar-refractivity contribution in [3.05, 3.63) is 53.3 Å². The van der Waals surface area contributed by atoms with E-state index in [1.165, 1.54) is 18.2 Å². The molecular formula is C17H12F3N3O4. The first-order valence-electron chi connectivity index (χ1n) is 7.63. The summed E-state index contributed by atoms with van der Waals surface area (Å²) in [5.41, 5.74) is -0.0969. The topological polar surface area (TPSA) is 96.5 Å². The maximum absolute atomic E-state index is 13.5. The van der Waals surface area contributed by atoms with Gasteiger partial charge < -0.3 is 20.7 Å². The molecule has 0 saturated heterocycles. The summed E-state index contributed by atoms with van der Waals surface area (Å²) in [7, 11) is 0. The van der Waals surface area contributed by atoms with E-state index in [1.54, 1.807) is 0 Å². The Morgan fingerprint density at radius 1 is 1.11 bits per heavy atom. The van der Waals surface area contributed by atoms with Crippen molar-refractivity contribution in [2.45, 2.75) is 0 Å². The van der Waals surface area contributed by atoms with E-state index in [4.69, 9.17) is 4.74 Å². The first kappa shape index (κ1) is 18.2. The van der Waals surface area contributed by atoms with Crippen LogP contribution in [0.25, 0.3) is 0 Å². The summed E-state index contributed by atoms with van der Waals surface area (Å²) in [5, 5.41) is 6.85. The number of hydrogen-bond donors (Lipinski definition) is 3. The van der Waals surface area contributed by atoms with Gasteiger partial charge in [0.05, 0.1) is 17.9 Å².